The molecule has 0 radical (unpaired) electrons. The molecule has 178 valence electrons. The second-order valence-electron chi connectivity index (χ2n) is 7.18. The summed E-state index contributed by atoms with van der Waals surface area (Å²) in [6.45, 7) is -0.0799. The molecule has 2 unspecified atom stereocenters. The van der Waals surface area contributed by atoms with Gasteiger partial charge in [-0.1, -0.05) is 0 Å². The molecule has 0 bridgehead atoms. The Hall–Kier alpha value is -2.00. The van der Waals surface area contributed by atoms with E-state index in [1.807, 2.05) is 0 Å². The number of halogens is 4. The monoisotopic (exact) mass is 475 g/mol. The van der Waals surface area contributed by atoms with Gasteiger partial charge < -0.3 is 24.4 Å². The van der Waals surface area contributed by atoms with Crippen molar-refractivity contribution in [2.45, 2.75) is 31.0 Å². The Labute approximate surface area is 190 Å². The fraction of sp³-hybridized carbons (Fsp3) is 0.478. The highest BCUT2D eigenvalue weighted by Crippen LogP contribution is 2.37. The number of hydrogen-bond acceptors (Lipinski definition) is 5. The van der Waals surface area contributed by atoms with Crippen LogP contribution in [0.25, 0.3) is 0 Å². The van der Waals surface area contributed by atoms with Gasteiger partial charge in [-0.15, -0.1) is 11.6 Å². The first-order chi connectivity index (χ1) is 15.4. The summed E-state index contributed by atoms with van der Waals surface area (Å²) in [7, 11) is 0. The van der Waals surface area contributed by atoms with Crippen molar-refractivity contribution in [2.75, 3.05) is 39.0 Å². The number of aliphatic hydroxyl groups excluding tert-OH is 2. The highest BCUT2D eigenvalue weighted by Gasteiger charge is 2.33. The SMILES string of the molecule is OC(CCl)COc1ccc(C(F)(F)c2ccc(OCC(O)COCCCC[18F])cc2)cc1. The largest absolute Gasteiger partial charge is 0.491 e. The van der Waals surface area contributed by atoms with Crippen LogP contribution in [0.5, 0.6) is 11.5 Å². The van der Waals surface area contributed by atoms with Gasteiger partial charge >= 0.3 is 0 Å². The Bertz CT molecular complexity index is 774. The number of benzene rings is 2. The average Bonchev–Trinajstić information content (AvgIpc) is 2.81. The molecule has 0 spiro atoms. The molecule has 2 aromatic rings. The van der Waals surface area contributed by atoms with Crippen LogP contribution in [0.2, 0.25) is 0 Å². The normalized spacial score (nSPS) is 13.6. The van der Waals surface area contributed by atoms with Crippen molar-refractivity contribution >= 4 is 11.6 Å². The minimum absolute atomic E-state index is 0.0181. The van der Waals surface area contributed by atoms with Crippen LogP contribution in [0.15, 0.2) is 48.5 Å². The predicted molar refractivity (Wildman–Crippen MR) is 116 cm³/mol. The zero-order chi connectivity index (χ0) is 23.4. The van der Waals surface area contributed by atoms with E-state index in [0.29, 0.717) is 30.9 Å². The van der Waals surface area contributed by atoms with Crippen molar-refractivity contribution < 1.29 is 37.6 Å². The minimum Gasteiger partial charge on any atom is -0.491 e. The van der Waals surface area contributed by atoms with Crippen LogP contribution < -0.4 is 9.47 Å². The molecule has 9 heteroatoms. The Kier molecular flexibility index (Phi) is 11.1. The maximum Gasteiger partial charge on any atom is 0.298 e. The van der Waals surface area contributed by atoms with Crippen LogP contribution in [0, 0.1) is 0 Å². The van der Waals surface area contributed by atoms with Gasteiger partial charge in [0.15, 0.2) is 0 Å². The smallest absolute Gasteiger partial charge is 0.298 e. The Morgan fingerprint density at radius 2 is 1.28 bits per heavy atom. The molecule has 0 aliphatic carbocycles. The zero-order valence-corrected chi connectivity index (χ0v) is 18.3. The molecule has 0 aliphatic heterocycles. The van der Waals surface area contributed by atoms with Gasteiger partial charge in [0.25, 0.3) is 5.92 Å². The molecule has 2 rings (SSSR count). The molecular formula is C23H28ClF3O5. The van der Waals surface area contributed by atoms with Gasteiger partial charge in [0.05, 0.1) is 19.2 Å². The van der Waals surface area contributed by atoms with Crippen LogP contribution in [0.1, 0.15) is 24.0 Å². The van der Waals surface area contributed by atoms with Crippen molar-refractivity contribution in [3.63, 3.8) is 0 Å². The molecule has 2 N–H and O–H groups in total. The van der Waals surface area contributed by atoms with Crippen molar-refractivity contribution in [1.82, 2.24) is 0 Å². The Morgan fingerprint density at radius 3 is 1.75 bits per heavy atom. The van der Waals surface area contributed by atoms with E-state index in [2.05, 4.69) is 0 Å². The highest BCUT2D eigenvalue weighted by molar-refractivity contribution is 6.18. The molecule has 32 heavy (non-hydrogen) atoms. The van der Waals surface area contributed by atoms with Crippen LogP contribution in [0.3, 0.4) is 0 Å². The minimum atomic E-state index is -3.24. The molecular weight excluding hydrogens is 448 g/mol. The van der Waals surface area contributed by atoms with Crippen LogP contribution >= 0.6 is 11.6 Å². The van der Waals surface area contributed by atoms with Crippen molar-refractivity contribution in [1.29, 1.82) is 0 Å². The maximum absolute atomic E-state index is 14.8. The lowest BCUT2D eigenvalue weighted by atomic mass is 10.0. The number of aliphatic hydroxyl groups is 2. The van der Waals surface area contributed by atoms with Crippen LogP contribution in [-0.4, -0.2) is 61.4 Å². The molecule has 0 heterocycles. The standard InChI is InChI=1S/C23H28ClF3O5/c24-13-19(28)15-31-21-7-3-17(4-8-21)23(26,27)18-5-9-22(10-6-18)32-16-20(29)14-30-12-2-1-11-25/h3-10,19-20,28-29H,1-2,11-16H2/i25-1. The summed E-state index contributed by atoms with van der Waals surface area (Å²) in [6.07, 6.45) is -0.723. The summed E-state index contributed by atoms with van der Waals surface area (Å²) in [4.78, 5) is 0. The first-order valence-corrected chi connectivity index (χ1v) is 10.8. The van der Waals surface area contributed by atoms with Gasteiger partial charge in [0.2, 0.25) is 0 Å². The predicted octanol–water partition coefficient (Wildman–Crippen LogP) is 4.31. The lowest BCUT2D eigenvalue weighted by Gasteiger charge is -2.19. The summed E-state index contributed by atoms with van der Waals surface area (Å²) in [6, 6.07) is 10.7. The van der Waals surface area contributed by atoms with Crippen molar-refractivity contribution in [2.24, 2.45) is 0 Å². The quantitative estimate of drug-likeness (QED) is 0.297. The molecule has 0 fully saturated rings. The van der Waals surface area contributed by atoms with E-state index in [1.165, 1.54) is 48.5 Å². The maximum atomic E-state index is 14.8. The number of ether oxygens (including phenoxy) is 3. The second kappa shape index (κ2) is 13.5. The Balaban J connectivity index is 1.86. The number of alkyl halides is 4. The van der Waals surface area contributed by atoms with Gasteiger partial charge in [-0.05, 0) is 61.4 Å². The van der Waals surface area contributed by atoms with Gasteiger partial charge in [0.1, 0.15) is 36.9 Å². The lowest BCUT2D eigenvalue weighted by molar-refractivity contribution is 0.0107. The fourth-order valence-electron chi connectivity index (χ4n) is 2.68. The van der Waals surface area contributed by atoms with Crippen LogP contribution in [0.4, 0.5) is 13.2 Å². The van der Waals surface area contributed by atoms with E-state index in [4.69, 9.17) is 25.8 Å². The number of rotatable bonds is 15. The third-order valence-corrected chi connectivity index (χ3v) is 4.84. The fourth-order valence-corrected chi connectivity index (χ4v) is 2.77. The number of hydrogen-bond donors (Lipinski definition) is 2. The van der Waals surface area contributed by atoms with E-state index in [-0.39, 0.29) is 36.8 Å². The molecule has 5 nitrogen and oxygen atoms in total. The van der Waals surface area contributed by atoms with Gasteiger partial charge in [-0.25, -0.2) is 0 Å². The van der Waals surface area contributed by atoms with E-state index in [9.17, 15) is 23.4 Å². The molecule has 2 aromatic carbocycles. The van der Waals surface area contributed by atoms with Crippen molar-refractivity contribution in [3.05, 3.63) is 59.7 Å². The third kappa shape index (κ3) is 8.50. The number of unbranched alkanes of at least 4 members (excludes halogenated alkanes) is 1. The molecule has 0 saturated carbocycles. The summed E-state index contributed by atoms with van der Waals surface area (Å²) in [5.74, 6) is -2.53. The first-order valence-electron chi connectivity index (χ1n) is 10.3. The molecule has 0 aliphatic rings. The van der Waals surface area contributed by atoms with E-state index in [0.717, 1.165) is 0 Å². The first kappa shape index (κ1) is 26.3. The van der Waals surface area contributed by atoms with E-state index >= 15 is 0 Å². The van der Waals surface area contributed by atoms with E-state index in [1.54, 1.807) is 0 Å². The second-order valence-corrected chi connectivity index (χ2v) is 7.49. The van der Waals surface area contributed by atoms with Gasteiger partial charge in [-0.2, -0.15) is 8.78 Å². The Morgan fingerprint density at radius 1 is 0.781 bits per heavy atom. The van der Waals surface area contributed by atoms with Crippen molar-refractivity contribution in [3.8, 4) is 11.5 Å². The van der Waals surface area contributed by atoms with Gasteiger partial charge in [-0.3, -0.25) is 4.39 Å². The summed E-state index contributed by atoms with van der Waals surface area (Å²) >= 11 is 5.49. The van der Waals surface area contributed by atoms with Gasteiger partial charge in [0, 0.05) is 17.7 Å². The van der Waals surface area contributed by atoms with Crippen LogP contribution in [-0.2, 0) is 10.7 Å². The topological polar surface area (TPSA) is 68.2 Å². The average molecular weight is 476 g/mol. The molecule has 2 atom stereocenters. The highest BCUT2D eigenvalue weighted by atomic mass is 35.5. The third-order valence-electron chi connectivity index (χ3n) is 4.48. The molecule has 0 saturated heterocycles. The summed E-state index contributed by atoms with van der Waals surface area (Å²) in [5, 5.41) is 19.2. The summed E-state index contributed by atoms with van der Waals surface area (Å²) < 4.78 is 57.6. The molecule has 0 amide bonds. The lowest BCUT2D eigenvalue weighted by Crippen LogP contribution is -2.23. The van der Waals surface area contributed by atoms with E-state index < -0.39 is 24.8 Å². The summed E-state index contributed by atoms with van der Waals surface area (Å²) in [5.41, 5.74) is -0.426. The zero-order valence-electron chi connectivity index (χ0n) is 17.6. The molecule has 0 aromatic heterocycles.